The monoisotopic (exact) mass is 559 g/mol. The van der Waals surface area contributed by atoms with Crippen molar-refractivity contribution >= 4 is 27.7 Å². The number of carbonyl (C=O) groups is 2. The van der Waals surface area contributed by atoms with E-state index in [2.05, 4.69) is 28.2 Å². The van der Waals surface area contributed by atoms with Crippen molar-refractivity contribution in [1.82, 2.24) is 10.2 Å². The number of halogens is 1. The minimum Gasteiger partial charge on any atom is -0.492 e. The van der Waals surface area contributed by atoms with E-state index in [4.69, 9.17) is 15.2 Å². The number of hydrogen-bond donors (Lipinski definition) is 2. The summed E-state index contributed by atoms with van der Waals surface area (Å²) in [7, 11) is 0. The number of benzene rings is 2. The molecule has 1 unspecified atom stereocenters. The number of hydrogen-bond acceptors (Lipinski definition) is 5. The number of nitrogens with zero attached hydrogens (tertiary/aromatic N) is 1. The Labute approximate surface area is 222 Å². The molecule has 36 heavy (non-hydrogen) atoms. The molecule has 0 saturated carbocycles. The highest BCUT2D eigenvalue weighted by molar-refractivity contribution is 9.10. The van der Waals surface area contributed by atoms with Gasteiger partial charge in [-0.05, 0) is 65.4 Å². The van der Waals surface area contributed by atoms with Crippen molar-refractivity contribution in [1.29, 1.82) is 0 Å². The fourth-order valence-corrected chi connectivity index (χ4v) is 4.88. The smallest absolute Gasteiger partial charge is 0.245 e. The molecule has 0 aliphatic carbocycles. The second kappa shape index (κ2) is 13.1. The van der Waals surface area contributed by atoms with Gasteiger partial charge in [-0.2, -0.15) is 0 Å². The lowest BCUT2D eigenvalue weighted by atomic mass is 9.94. The van der Waals surface area contributed by atoms with Crippen molar-refractivity contribution < 1.29 is 19.1 Å². The van der Waals surface area contributed by atoms with E-state index in [-0.39, 0.29) is 35.8 Å². The van der Waals surface area contributed by atoms with Crippen molar-refractivity contribution in [2.75, 3.05) is 13.2 Å². The summed E-state index contributed by atoms with van der Waals surface area (Å²) in [6.45, 7) is 8.62. The van der Waals surface area contributed by atoms with Gasteiger partial charge >= 0.3 is 0 Å². The van der Waals surface area contributed by atoms with Crippen LogP contribution in [0.3, 0.4) is 0 Å². The Bertz CT molecular complexity index is 1000. The predicted molar refractivity (Wildman–Crippen MR) is 145 cm³/mol. The Kier molecular flexibility index (Phi) is 10.2. The van der Waals surface area contributed by atoms with Crippen LogP contribution in [0.4, 0.5) is 0 Å². The van der Waals surface area contributed by atoms with Gasteiger partial charge in [-0.1, -0.05) is 51.1 Å². The number of amides is 2. The maximum Gasteiger partial charge on any atom is 0.245 e. The van der Waals surface area contributed by atoms with Crippen LogP contribution in [0.25, 0.3) is 0 Å². The fraction of sp³-hybridized carbons (Fsp3) is 0.500. The van der Waals surface area contributed by atoms with Crippen molar-refractivity contribution in [3.8, 4) is 11.5 Å². The van der Waals surface area contributed by atoms with Crippen LogP contribution >= 0.6 is 15.9 Å². The van der Waals surface area contributed by atoms with Crippen LogP contribution in [0.5, 0.6) is 11.5 Å². The molecule has 3 N–H and O–H groups in total. The molecule has 2 aromatic carbocycles. The molecule has 0 bridgehead atoms. The molecule has 5 atom stereocenters. The van der Waals surface area contributed by atoms with Gasteiger partial charge in [-0.15, -0.1) is 0 Å². The van der Waals surface area contributed by atoms with Gasteiger partial charge in [-0.3, -0.25) is 9.59 Å². The number of para-hydroxylation sites is 2. The number of likely N-dealkylation sites (tertiary alicyclic amines) is 1. The summed E-state index contributed by atoms with van der Waals surface area (Å²) < 4.78 is 13.2. The lowest BCUT2D eigenvalue weighted by Gasteiger charge is -2.34. The molecule has 0 aromatic heterocycles. The molecule has 1 saturated heterocycles. The van der Waals surface area contributed by atoms with Gasteiger partial charge in [0, 0.05) is 12.5 Å². The molecule has 2 amide bonds. The summed E-state index contributed by atoms with van der Waals surface area (Å²) in [5.74, 6) is 1.24. The minimum absolute atomic E-state index is 0.0394. The third kappa shape index (κ3) is 7.46. The van der Waals surface area contributed by atoms with Crippen molar-refractivity contribution in [3.63, 3.8) is 0 Å². The zero-order valence-electron chi connectivity index (χ0n) is 21.5. The molecular weight excluding hydrogens is 522 g/mol. The summed E-state index contributed by atoms with van der Waals surface area (Å²) in [6.07, 6.45) is 1.35. The van der Waals surface area contributed by atoms with Gasteiger partial charge in [0.1, 0.15) is 23.6 Å². The zero-order chi connectivity index (χ0) is 26.2. The van der Waals surface area contributed by atoms with Gasteiger partial charge in [0.15, 0.2) is 0 Å². The maximum atomic E-state index is 13.8. The fourth-order valence-electron chi connectivity index (χ4n) is 4.48. The van der Waals surface area contributed by atoms with Gasteiger partial charge in [0.05, 0.1) is 23.7 Å². The summed E-state index contributed by atoms with van der Waals surface area (Å²) in [4.78, 5) is 28.0. The van der Waals surface area contributed by atoms with Gasteiger partial charge in [-0.25, -0.2) is 0 Å². The van der Waals surface area contributed by atoms with Gasteiger partial charge < -0.3 is 25.4 Å². The van der Waals surface area contributed by atoms with Crippen LogP contribution in [0.1, 0.15) is 40.5 Å². The Morgan fingerprint density at radius 2 is 1.75 bits per heavy atom. The topological polar surface area (TPSA) is 93.9 Å². The first-order chi connectivity index (χ1) is 17.2. The SMILES string of the molecule is CC(C)[C@H](NC(=O)[C@H](C)N)C(=O)N1C[C@@H](Oc2ccccc2)C[C@H]1C(C)CCOc1ccccc1Br. The summed E-state index contributed by atoms with van der Waals surface area (Å²) in [6, 6.07) is 16.1. The second-order valence-electron chi connectivity index (χ2n) is 9.91. The van der Waals surface area contributed by atoms with E-state index < -0.39 is 12.1 Å². The highest BCUT2D eigenvalue weighted by atomic mass is 79.9. The van der Waals surface area contributed by atoms with E-state index in [0.717, 1.165) is 22.4 Å². The normalized spacial score (nSPS) is 20.0. The Morgan fingerprint density at radius 3 is 2.39 bits per heavy atom. The highest BCUT2D eigenvalue weighted by Gasteiger charge is 2.42. The number of nitrogens with two attached hydrogens (primary N) is 1. The largest absolute Gasteiger partial charge is 0.492 e. The standard InChI is InChI=1S/C28H38BrN3O4/c1-18(2)26(31-27(33)20(4)30)28(34)32-17-22(36-21-10-6-5-7-11-21)16-24(32)19(3)14-15-35-25-13-9-8-12-23(25)29/h5-13,18-20,22,24,26H,14-17,30H2,1-4H3,(H,31,33)/t19?,20-,22-,24-,26-/m0/s1. The molecule has 1 aliphatic rings. The molecule has 196 valence electrons. The average molecular weight is 561 g/mol. The van der Waals surface area contributed by atoms with E-state index in [0.29, 0.717) is 19.6 Å². The van der Waals surface area contributed by atoms with Crippen molar-refractivity contribution in [2.45, 2.75) is 64.8 Å². The van der Waals surface area contributed by atoms with E-state index in [1.54, 1.807) is 6.92 Å². The number of carbonyl (C=O) groups excluding carboxylic acids is 2. The first-order valence-corrected chi connectivity index (χ1v) is 13.4. The minimum atomic E-state index is -0.684. The van der Waals surface area contributed by atoms with E-state index in [1.807, 2.05) is 73.3 Å². The third-order valence-corrected chi connectivity index (χ3v) is 7.26. The van der Waals surface area contributed by atoms with Gasteiger partial charge in [0.2, 0.25) is 11.8 Å². The second-order valence-corrected chi connectivity index (χ2v) is 10.8. The van der Waals surface area contributed by atoms with Crippen molar-refractivity contribution in [2.24, 2.45) is 17.6 Å². The summed E-state index contributed by atoms with van der Waals surface area (Å²) in [5, 5.41) is 2.86. The Balaban J connectivity index is 1.74. The molecule has 8 heteroatoms. The lowest BCUT2D eigenvalue weighted by Crippen LogP contribution is -2.56. The molecule has 1 aliphatic heterocycles. The van der Waals surface area contributed by atoms with E-state index >= 15 is 0 Å². The molecule has 0 spiro atoms. The summed E-state index contributed by atoms with van der Waals surface area (Å²) in [5.41, 5.74) is 5.76. The first-order valence-electron chi connectivity index (χ1n) is 12.6. The quantitative estimate of drug-likeness (QED) is 0.425. The molecular formula is C28H38BrN3O4. The van der Waals surface area contributed by atoms with Crippen molar-refractivity contribution in [3.05, 3.63) is 59.1 Å². The number of ether oxygens (including phenoxy) is 2. The maximum absolute atomic E-state index is 13.8. The van der Waals surface area contributed by atoms with Crippen LogP contribution in [-0.4, -0.2) is 54.1 Å². The van der Waals surface area contributed by atoms with Crippen LogP contribution in [-0.2, 0) is 9.59 Å². The zero-order valence-corrected chi connectivity index (χ0v) is 23.1. The van der Waals surface area contributed by atoms with E-state index in [1.165, 1.54) is 0 Å². The number of rotatable bonds is 11. The molecule has 7 nitrogen and oxygen atoms in total. The van der Waals surface area contributed by atoms with Crippen LogP contribution in [0.15, 0.2) is 59.1 Å². The van der Waals surface area contributed by atoms with Crippen LogP contribution < -0.4 is 20.5 Å². The van der Waals surface area contributed by atoms with E-state index in [9.17, 15) is 9.59 Å². The molecule has 1 heterocycles. The number of nitrogens with one attached hydrogen (secondary N) is 1. The molecule has 0 radical (unpaired) electrons. The average Bonchev–Trinajstić information content (AvgIpc) is 3.27. The predicted octanol–water partition coefficient (Wildman–Crippen LogP) is 4.39. The van der Waals surface area contributed by atoms with Gasteiger partial charge in [0.25, 0.3) is 0 Å². The highest BCUT2D eigenvalue weighted by Crippen LogP contribution is 2.31. The summed E-state index contributed by atoms with van der Waals surface area (Å²) >= 11 is 3.52. The Hall–Kier alpha value is -2.58. The third-order valence-electron chi connectivity index (χ3n) is 6.60. The Morgan fingerprint density at radius 1 is 1.08 bits per heavy atom. The molecule has 1 fully saturated rings. The first kappa shape index (κ1) is 28.0. The van der Waals surface area contributed by atoms with Crippen LogP contribution in [0.2, 0.25) is 0 Å². The molecule has 2 aromatic rings. The lowest BCUT2D eigenvalue weighted by molar-refractivity contribution is -0.139. The molecule has 3 rings (SSSR count). The van der Waals surface area contributed by atoms with Crippen LogP contribution in [0, 0.1) is 11.8 Å².